The monoisotopic (exact) mass is 378 g/mol. The van der Waals surface area contributed by atoms with Gasteiger partial charge in [-0.1, -0.05) is 0 Å². The molecule has 0 saturated carbocycles. The maximum absolute atomic E-state index is 12.6. The summed E-state index contributed by atoms with van der Waals surface area (Å²) in [7, 11) is 1.87. The Kier molecular flexibility index (Phi) is 5.58. The minimum Gasteiger partial charge on any atom is -0.345 e. The first-order valence-electron chi connectivity index (χ1n) is 9.33. The molecule has 1 spiro atoms. The van der Waals surface area contributed by atoms with Crippen LogP contribution in [-0.2, 0) is 11.3 Å². The molecule has 1 aromatic rings. The highest BCUT2D eigenvalue weighted by Crippen LogP contribution is 2.35. The molecule has 0 aliphatic carbocycles. The average molecular weight is 379 g/mol. The van der Waals surface area contributed by atoms with Gasteiger partial charge in [0.25, 0.3) is 0 Å². The number of amides is 3. The Bertz CT molecular complexity index is 674. The van der Waals surface area contributed by atoms with Crippen molar-refractivity contribution in [3.8, 4) is 0 Å². The van der Waals surface area contributed by atoms with Crippen LogP contribution in [0.3, 0.4) is 0 Å². The second kappa shape index (κ2) is 7.56. The van der Waals surface area contributed by atoms with E-state index < -0.39 is 0 Å². The van der Waals surface area contributed by atoms with Crippen LogP contribution in [0, 0.1) is 12.3 Å². The third kappa shape index (κ3) is 4.38. The summed E-state index contributed by atoms with van der Waals surface area (Å²) >= 11 is 1.82. The fourth-order valence-corrected chi connectivity index (χ4v) is 5.03. The molecule has 0 unspecified atom stereocenters. The summed E-state index contributed by atoms with van der Waals surface area (Å²) in [6, 6.07) is 4.44. The molecule has 7 heteroatoms. The number of nitrogens with one attached hydrogen (secondary N) is 1. The number of carbonyl (C=O) groups excluding carboxylic acids is 2. The Labute approximate surface area is 160 Å². The molecule has 0 radical (unpaired) electrons. The fourth-order valence-electron chi connectivity index (χ4n) is 4.10. The summed E-state index contributed by atoms with van der Waals surface area (Å²) in [6.07, 6.45) is 0.523. The number of hydrogen-bond acceptors (Lipinski definition) is 4. The van der Waals surface area contributed by atoms with E-state index in [0.29, 0.717) is 19.5 Å². The Hall–Kier alpha value is -1.60. The van der Waals surface area contributed by atoms with Crippen molar-refractivity contribution in [1.82, 2.24) is 20.0 Å². The second-order valence-electron chi connectivity index (χ2n) is 8.18. The number of urea groups is 1. The number of likely N-dealkylation sites (tertiary alicyclic amines) is 1. The molecule has 6 nitrogen and oxygen atoms in total. The molecule has 1 N–H and O–H groups in total. The summed E-state index contributed by atoms with van der Waals surface area (Å²) in [6.45, 7) is 10.7. The number of aryl methyl sites for hydroxylation is 1. The van der Waals surface area contributed by atoms with E-state index >= 15 is 0 Å². The predicted octanol–water partition coefficient (Wildman–Crippen LogP) is 2.14. The van der Waals surface area contributed by atoms with Gasteiger partial charge in [0.1, 0.15) is 0 Å². The molecule has 2 saturated heterocycles. The zero-order valence-corrected chi connectivity index (χ0v) is 17.1. The molecule has 0 bridgehead atoms. The molecular weight excluding hydrogens is 348 g/mol. The standard InChI is InChI=1S/C19H30N4O2S/c1-14(2)20-18(25)23-8-7-22(10-16-6-5-15(3)26-16)12-19(13-23)9-17(24)21(4)11-19/h5-6,14H,7-13H2,1-4H3,(H,20,25)/t19-/m0/s1. The topological polar surface area (TPSA) is 55.9 Å². The lowest BCUT2D eigenvalue weighted by atomic mass is 9.86. The van der Waals surface area contributed by atoms with E-state index in [9.17, 15) is 9.59 Å². The van der Waals surface area contributed by atoms with Crippen LogP contribution in [0.1, 0.15) is 30.0 Å². The van der Waals surface area contributed by atoms with Gasteiger partial charge in [-0.2, -0.15) is 0 Å². The highest BCUT2D eigenvalue weighted by Gasteiger charge is 2.46. The molecule has 26 heavy (non-hydrogen) atoms. The number of rotatable bonds is 3. The van der Waals surface area contributed by atoms with Crippen molar-refractivity contribution in [1.29, 1.82) is 0 Å². The largest absolute Gasteiger partial charge is 0.345 e. The highest BCUT2D eigenvalue weighted by atomic mass is 32.1. The van der Waals surface area contributed by atoms with E-state index in [2.05, 4.69) is 29.3 Å². The molecule has 0 aromatic carbocycles. The normalized spacial score (nSPS) is 24.6. The first kappa shape index (κ1) is 19.2. The van der Waals surface area contributed by atoms with Crippen LogP contribution in [0.4, 0.5) is 4.79 Å². The van der Waals surface area contributed by atoms with Gasteiger partial charge in [0.2, 0.25) is 5.91 Å². The van der Waals surface area contributed by atoms with Crippen LogP contribution in [0.15, 0.2) is 12.1 Å². The smallest absolute Gasteiger partial charge is 0.317 e. The molecule has 2 aliphatic rings. The lowest BCUT2D eigenvalue weighted by Crippen LogP contribution is -2.48. The van der Waals surface area contributed by atoms with E-state index in [0.717, 1.165) is 26.2 Å². The molecule has 2 aliphatic heterocycles. The van der Waals surface area contributed by atoms with Gasteiger partial charge in [-0.05, 0) is 32.9 Å². The average Bonchev–Trinajstić information content (AvgIpc) is 2.99. The number of hydrogen-bond donors (Lipinski definition) is 1. The lowest BCUT2D eigenvalue weighted by Gasteiger charge is -2.33. The Morgan fingerprint density at radius 1 is 1.27 bits per heavy atom. The van der Waals surface area contributed by atoms with Crippen LogP contribution in [0.5, 0.6) is 0 Å². The van der Waals surface area contributed by atoms with E-state index in [1.54, 1.807) is 0 Å². The zero-order valence-electron chi connectivity index (χ0n) is 16.2. The quantitative estimate of drug-likeness (QED) is 0.877. The summed E-state index contributed by atoms with van der Waals surface area (Å²) in [5.41, 5.74) is -0.178. The van der Waals surface area contributed by atoms with Gasteiger partial charge in [-0.3, -0.25) is 9.69 Å². The molecule has 1 atom stereocenters. The lowest BCUT2D eigenvalue weighted by molar-refractivity contribution is -0.126. The Morgan fingerprint density at radius 2 is 2.04 bits per heavy atom. The molecule has 2 fully saturated rings. The summed E-state index contributed by atoms with van der Waals surface area (Å²) in [5.74, 6) is 0.183. The summed E-state index contributed by atoms with van der Waals surface area (Å²) in [4.78, 5) is 33.7. The zero-order chi connectivity index (χ0) is 18.9. The summed E-state index contributed by atoms with van der Waals surface area (Å²) in [5, 5.41) is 3.01. The molecular formula is C19H30N4O2S. The Balaban J connectivity index is 1.78. The molecule has 3 amide bonds. The van der Waals surface area contributed by atoms with Crippen molar-refractivity contribution in [3.63, 3.8) is 0 Å². The van der Waals surface area contributed by atoms with Gasteiger partial charge >= 0.3 is 6.03 Å². The number of carbonyl (C=O) groups is 2. The van der Waals surface area contributed by atoms with Crippen LogP contribution in [0.2, 0.25) is 0 Å². The van der Waals surface area contributed by atoms with Crippen molar-refractivity contribution >= 4 is 23.3 Å². The minimum absolute atomic E-state index is 0.0183. The van der Waals surface area contributed by atoms with Gasteiger partial charge in [0.15, 0.2) is 0 Å². The maximum Gasteiger partial charge on any atom is 0.317 e. The first-order chi connectivity index (χ1) is 12.3. The van der Waals surface area contributed by atoms with Crippen molar-refractivity contribution in [2.75, 3.05) is 39.8 Å². The van der Waals surface area contributed by atoms with Crippen molar-refractivity contribution in [3.05, 3.63) is 21.9 Å². The van der Waals surface area contributed by atoms with Gasteiger partial charge < -0.3 is 15.1 Å². The van der Waals surface area contributed by atoms with Crippen molar-refractivity contribution < 1.29 is 9.59 Å². The third-order valence-electron chi connectivity index (χ3n) is 5.17. The van der Waals surface area contributed by atoms with Gasteiger partial charge in [0.05, 0.1) is 0 Å². The maximum atomic E-state index is 12.6. The number of nitrogens with zero attached hydrogens (tertiary/aromatic N) is 3. The van der Waals surface area contributed by atoms with E-state index in [1.807, 2.05) is 42.0 Å². The van der Waals surface area contributed by atoms with Crippen molar-refractivity contribution in [2.24, 2.45) is 5.41 Å². The van der Waals surface area contributed by atoms with Crippen LogP contribution in [0.25, 0.3) is 0 Å². The van der Waals surface area contributed by atoms with Crippen LogP contribution >= 0.6 is 11.3 Å². The Morgan fingerprint density at radius 3 is 2.62 bits per heavy atom. The molecule has 3 rings (SSSR count). The van der Waals surface area contributed by atoms with Gasteiger partial charge in [-0.15, -0.1) is 11.3 Å². The molecule has 144 valence electrons. The second-order valence-corrected chi connectivity index (χ2v) is 9.55. The molecule has 1 aromatic heterocycles. The van der Waals surface area contributed by atoms with E-state index in [4.69, 9.17) is 0 Å². The SMILES string of the molecule is Cc1ccc(CN2CCN(C(=O)NC(C)C)C[C@]3(CC(=O)N(C)C3)C2)s1. The first-order valence-corrected chi connectivity index (χ1v) is 10.2. The van der Waals surface area contributed by atoms with Crippen molar-refractivity contribution in [2.45, 2.75) is 39.8 Å². The number of thiophene rings is 1. The predicted molar refractivity (Wildman–Crippen MR) is 104 cm³/mol. The minimum atomic E-state index is -0.178. The fraction of sp³-hybridized carbons (Fsp3) is 0.684. The van der Waals surface area contributed by atoms with Crippen LogP contribution < -0.4 is 5.32 Å². The summed E-state index contributed by atoms with van der Waals surface area (Å²) < 4.78 is 0. The van der Waals surface area contributed by atoms with Crippen LogP contribution in [-0.4, -0.2) is 72.5 Å². The third-order valence-corrected chi connectivity index (χ3v) is 6.16. The van der Waals surface area contributed by atoms with E-state index in [1.165, 1.54) is 9.75 Å². The van der Waals surface area contributed by atoms with Gasteiger partial charge in [0, 0.05) is 73.9 Å². The van der Waals surface area contributed by atoms with Gasteiger partial charge in [-0.25, -0.2) is 4.79 Å². The molecule has 3 heterocycles. The van der Waals surface area contributed by atoms with E-state index in [-0.39, 0.29) is 23.4 Å². The highest BCUT2D eigenvalue weighted by molar-refractivity contribution is 7.11.